The Morgan fingerprint density at radius 1 is 1.11 bits per heavy atom. The predicted molar refractivity (Wildman–Crippen MR) is 135 cm³/mol. The van der Waals surface area contributed by atoms with Crippen LogP contribution in [0.1, 0.15) is 48.5 Å². The number of rotatable bonds is 6. The number of piperidine rings is 1. The van der Waals surface area contributed by atoms with E-state index < -0.39 is 23.3 Å². The van der Waals surface area contributed by atoms with Crippen molar-refractivity contribution >= 4 is 17.7 Å². The summed E-state index contributed by atoms with van der Waals surface area (Å²) in [5.74, 6) is 4.83. The van der Waals surface area contributed by atoms with Crippen molar-refractivity contribution in [2.75, 3.05) is 24.5 Å². The smallest absolute Gasteiger partial charge is 0.333 e. The van der Waals surface area contributed by atoms with Crippen LogP contribution in [0.4, 0.5) is 5.82 Å². The molecule has 0 bridgehead atoms. The van der Waals surface area contributed by atoms with Crippen LogP contribution < -0.4 is 21.9 Å². The summed E-state index contributed by atoms with van der Waals surface area (Å²) >= 11 is 0. The van der Waals surface area contributed by atoms with Gasteiger partial charge in [-0.05, 0) is 50.3 Å². The topological polar surface area (TPSA) is 131 Å². The van der Waals surface area contributed by atoms with Crippen molar-refractivity contribution in [1.82, 2.24) is 14.0 Å². The Morgan fingerprint density at radius 3 is 2.61 bits per heavy atom. The van der Waals surface area contributed by atoms with Crippen LogP contribution in [0, 0.1) is 11.8 Å². The largest absolute Gasteiger partial charge is 0.480 e. The number of likely N-dealkylation sites (tertiary alicyclic amines) is 1. The minimum absolute atomic E-state index is 0.0273. The van der Waals surface area contributed by atoms with E-state index in [-0.39, 0.29) is 25.0 Å². The number of nitrogens with two attached hydrogens (primary N) is 1. The molecule has 2 atom stereocenters. The van der Waals surface area contributed by atoms with E-state index in [1.807, 2.05) is 4.90 Å². The van der Waals surface area contributed by atoms with E-state index in [0.29, 0.717) is 49.4 Å². The zero-order valence-corrected chi connectivity index (χ0v) is 20.4. The standard InChI is InChI=1S/C26H31N5O5/c1-2-3-12-30-22(28-11-5-9-20(27)17-28)15-23(32)31(26(30)36)16-18-7-4-8-19(14-18)24(33)29-13-6-10-21(29)25(34)35/h4,7-8,14-15,20-21H,5-6,9-13,16-17,27H2,1H3,(H,34,35)/t20-,21+/m1/s1. The number of carbonyl (C=O) groups excluding carboxylic acids is 1. The highest BCUT2D eigenvalue weighted by atomic mass is 16.4. The molecule has 1 amide bonds. The zero-order chi connectivity index (χ0) is 25.8. The maximum absolute atomic E-state index is 13.5. The Balaban J connectivity index is 1.66. The second-order valence-corrected chi connectivity index (χ2v) is 9.27. The van der Waals surface area contributed by atoms with E-state index in [0.717, 1.165) is 17.4 Å². The van der Waals surface area contributed by atoms with Crippen molar-refractivity contribution in [3.8, 4) is 11.8 Å². The van der Waals surface area contributed by atoms with Crippen molar-refractivity contribution < 1.29 is 14.7 Å². The van der Waals surface area contributed by atoms with E-state index in [1.54, 1.807) is 31.2 Å². The van der Waals surface area contributed by atoms with E-state index in [1.165, 1.54) is 15.5 Å². The average molecular weight is 494 g/mol. The van der Waals surface area contributed by atoms with Gasteiger partial charge < -0.3 is 20.6 Å². The fraction of sp³-hybridized carbons (Fsp3) is 0.462. The van der Waals surface area contributed by atoms with Gasteiger partial charge in [-0.3, -0.25) is 18.7 Å². The molecule has 0 radical (unpaired) electrons. The Hall–Kier alpha value is -3.84. The van der Waals surface area contributed by atoms with Crippen LogP contribution in [-0.2, 0) is 17.9 Å². The number of nitrogens with zero attached hydrogens (tertiary/aromatic N) is 4. The monoisotopic (exact) mass is 493 g/mol. The van der Waals surface area contributed by atoms with Gasteiger partial charge >= 0.3 is 11.7 Å². The molecule has 0 spiro atoms. The third-order valence-electron chi connectivity index (χ3n) is 6.77. The molecule has 2 fully saturated rings. The van der Waals surface area contributed by atoms with Crippen LogP contribution in [0.25, 0.3) is 0 Å². The summed E-state index contributed by atoms with van der Waals surface area (Å²) in [7, 11) is 0. The van der Waals surface area contributed by atoms with Crippen LogP contribution in [0.5, 0.6) is 0 Å². The molecule has 10 heteroatoms. The molecular weight excluding hydrogens is 462 g/mol. The maximum Gasteiger partial charge on any atom is 0.333 e. The van der Waals surface area contributed by atoms with Crippen molar-refractivity contribution in [2.24, 2.45) is 5.73 Å². The Labute approximate surface area is 208 Å². The third-order valence-corrected chi connectivity index (χ3v) is 6.77. The zero-order valence-electron chi connectivity index (χ0n) is 20.4. The van der Waals surface area contributed by atoms with E-state index in [4.69, 9.17) is 5.73 Å². The lowest BCUT2D eigenvalue weighted by Gasteiger charge is -2.33. The van der Waals surface area contributed by atoms with Gasteiger partial charge in [-0.15, -0.1) is 5.92 Å². The number of anilines is 1. The first-order chi connectivity index (χ1) is 17.3. The predicted octanol–water partition coefficient (Wildman–Crippen LogP) is 0.698. The first-order valence-electron chi connectivity index (χ1n) is 12.2. The Kier molecular flexibility index (Phi) is 7.60. The molecule has 2 aliphatic rings. The average Bonchev–Trinajstić information content (AvgIpc) is 3.36. The molecule has 1 aromatic carbocycles. The molecule has 2 aromatic rings. The van der Waals surface area contributed by atoms with Gasteiger partial charge in [-0.1, -0.05) is 18.1 Å². The summed E-state index contributed by atoms with van der Waals surface area (Å²) in [5.41, 5.74) is 6.11. The molecule has 4 rings (SSSR count). The van der Waals surface area contributed by atoms with Crippen molar-refractivity contribution in [3.05, 3.63) is 62.3 Å². The van der Waals surface area contributed by atoms with E-state index >= 15 is 0 Å². The minimum Gasteiger partial charge on any atom is -0.480 e. The van der Waals surface area contributed by atoms with Gasteiger partial charge in [0.05, 0.1) is 13.1 Å². The molecule has 2 saturated heterocycles. The summed E-state index contributed by atoms with van der Waals surface area (Å²) in [6.07, 6.45) is 2.82. The van der Waals surface area contributed by atoms with Crippen molar-refractivity contribution in [2.45, 2.75) is 57.8 Å². The normalized spacial score (nSPS) is 19.6. The van der Waals surface area contributed by atoms with Crippen LogP contribution in [0.15, 0.2) is 39.9 Å². The fourth-order valence-corrected chi connectivity index (χ4v) is 4.95. The number of hydrogen-bond acceptors (Lipinski definition) is 6. The summed E-state index contributed by atoms with van der Waals surface area (Å²) in [4.78, 5) is 54.4. The lowest BCUT2D eigenvalue weighted by molar-refractivity contribution is -0.141. The highest BCUT2D eigenvalue weighted by Gasteiger charge is 2.34. The summed E-state index contributed by atoms with van der Waals surface area (Å²) < 4.78 is 2.62. The number of amides is 1. The second-order valence-electron chi connectivity index (χ2n) is 9.27. The van der Waals surface area contributed by atoms with Gasteiger partial charge in [0.15, 0.2) is 0 Å². The molecule has 36 heavy (non-hydrogen) atoms. The van der Waals surface area contributed by atoms with Crippen molar-refractivity contribution in [3.63, 3.8) is 0 Å². The summed E-state index contributed by atoms with van der Waals surface area (Å²) in [6.45, 7) is 3.44. The highest BCUT2D eigenvalue weighted by molar-refractivity contribution is 5.97. The summed E-state index contributed by atoms with van der Waals surface area (Å²) in [6, 6.07) is 7.21. The number of carboxylic acids is 1. The molecule has 1 aromatic heterocycles. The number of carboxylic acid groups (broad SMARTS) is 1. The van der Waals surface area contributed by atoms with Gasteiger partial charge in [0.2, 0.25) is 0 Å². The van der Waals surface area contributed by atoms with Crippen LogP contribution in [-0.4, -0.2) is 62.7 Å². The fourth-order valence-electron chi connectivity index (χ4n) is 4.95. The molecular formula is C26H31N5O5. The number of benzene rings is 1. The Morgan fingerprint density at radius 2 is 1.89 bits per heavy atom. The van der Waals surface area contributed by atoms with Gasteiger partial charge in [0.1, 0.15) is 11.9 Å². The quantitative estimate of drug-likeness (QED) is 0.567. The van der Waals surface area contributed by atoms with E-state index in [2.05, 4.69) is 11.8 Å². The molecule has 3 N–H and O–H groups in total. The maximum atomic E-state index is 13.5. The molecule has 0 unspecified atom stereocenters. The number of carbonyl (C=O) groups is 2. The van der Waals surface area contributed by atoms with Gasteiger partial charge in [0.25, 0.3) is 11.5 Å². The first-order valence-corrected chi connectivity index (χ1v) is 12.2. The number of aliphatic carboxylic acids is 1. The summed E-state index contributed by atoms with van der Waals surface area (Å²) in [5, 5.41) is 9.42. The molecule has 0 saturated carbocycles. The van der Waals surface area contributed by atoms with E-state index in [9.17, 15) is 24.3 Å². The SMILES string of the molecule is CC#CCn1c(N2CCC[C@@H](N)C2)cc(=O)n(Cc2cccc(C(=O)N3CCC[C@H]3C(=O)O)c2)c1=O. The lowest BCUT2D eigenvalue weighted by atomic mass is 10.1. The molecule has 2 aliphatic heterocycles. The van der Waals surface area contributed by atoms with Crippen LogP contribution >= 0.6 is 0 Å². The second kappa shape index (κ2) is 10.8. The molecule has 10 nitrogen and oxygen atoms in total. The van der Waals surface area contributed by atoms with Crippen LogP contribution in [0.3, 0.4) is 0 Å². The third kappa shape index (κ3) is 5.21. The number of hydrogen-bond donors (Lipinski definition) is 2. The molecule has 190 valence electrons. The van der Waals surface area contributed by atoms with Gasteiger partial charge in [-0.25, -0.2) is 9.59 Å². The van der Waals surface area contributed by atoms with Gasteiger partial charge in [0, 0.05) is 37.3 Å². The number of aromatic nitrogens is 2. The minimum atomic E-state index is -1.02. The molecule has 0 aliphatic carbocycles. The highest BCUT2D eigenvalue weighted by Crippen LogP contribution is 2.21. The molecule has 3 heterocycles. The Bertz CT molecular complexity index is 1330. The van der Waals surface area contributed by atoms with Crippen LogP contribution in [0.2, 0.25) is 0 Å². The van der Waals surface area contributed by atoms with Crippen molar-refractivity contribution in [1.29, 1.82) is 0 Å². The van der Waals surface area contributed by atoms with Gasteiger partial charge in [-0.2, -0.15) is 0 Å². The lowest BCUT2D eigenvalue weighted by Crippen LogP contribution is -2.48. The first kappa shape index (κ1) is 25.3.